The Morgan fingerprint density at radius 3 is 2.30 bits per heavy atom. The molecule has 0 aliphatic carbocycles. The van der Waals surface area contributed by atoms with Crippen LogP contribution in [0.3, 0.4) is 0 Å². The van der Waals surface area contributed by atoms with Gasteiger partial charge in [-0.05, 0) is 55.9 Å². The van der Waals surface area contributed by atoms with Crippen molar-refractivity contribution in [1.29, 1.82) is 0 Å². The second kappa shape index (κ2) is 10.4. The number of fused-ring (bicyclic) bond motifs is 1. The Bertz CT molecular complexity index is 1440. The SMILES string of the molecule is Cc1cccc(NC(=O)Nc2ccc(NC(=O)c3c(N4CCN(C)CC4)sc4ncnc(N)c34)cc2)c1. The Morgan fingerprint density at radius 1 is 0.919 bits per heavy atom. The Hall–Kier alpha value is -4.22. The third kappa shape index (κ3) is 5.47. The van der Waals surface area contributed by atoms with Gasteiger partial charge in [0, 0.05) is 43.2 Å². The zero-order valence-corrected chi connectivity index (χ0v) is 21.4. The van der Waals surface area contributed by atoms with Gasteiger partial charge in [0.05, 0.1) is 10.9 Å². The molecule has 0 radical (unpaired) electrons. The van der Waals surface area contributed by atoms with Gasteiger partial charge in [0.15, 0.2) is 0 Å². The lowest BCUT2D eigenvalue weighted by Gasteiger charge is -2.33. The summed E-state index contributed by atoms with van der Waals surface area (Å²) in [5.41, 5.74) is 9.63. The minimum Gasteiger partial charge on any atom is -0.383 e. The average Bonchev–Trinajstić information content (AvgIpc) is 3.27. The number of rotatable bonds is 5. The number of benzene rings is 2. The summed E-state index contributed by atoms with van der Waals surface area (Å²) in [6, 6.07) is 14.2. The van der Waals surface area contributed by atoms with Crippen LogP contribution in [0.15, 0.2) is 54.9 Å². The van der Waals surface area contributed by atoms with E-state index in [1.165, 1.54) is 17.7 Å². The Kier molecular flexibility index (Phi) is 6.89. The van der Waals surface area contributed by atoms with Crippen molar-refractivity contribution in [2.75, 3.05) is 59.8 Å². The lowest BCUT2D eigenvalue weighted by molar-refractivity contribution is 0.102. The van der Waals surface area contributed by atoms with Crippen molar-refractivity contribution < 1.29 is 9.59 Å². The highest BCUT2D eigenvalue weighted by Crippen LogP contribution is 2.40. The van der Waals surface area contributed by atoms with E-state index in [0.29, 0.717) is 32.8 Å². The van der Waals surface area contributed by atoms with Crippen LogP contribution in [-0.2, 0) is 0 Å². The molecule has 0 atom stereocenters. The maximum atomic E-state index is 13.5. The molecule has 5 N–H and O–H groups in total. The van der Waals surface area contributed by atoms with Crippen molar-refractivity contribution in [1.82, 2.24) is 14.9 Å². The number of anilines is 5. The summed E-state index contributed by atoms with van der Waals surface area (Å²) < 4.78 is 0. The fourth-order valence-electron chi connectivity index (χ4n) is 4.23. The lowest BCUT2D eigenvalue weighted by atomic mass is 10.1. The summed E-state index contributed by atoms with van der Waals surface area (Å²) in [6.07, 6.45) is 1.42. The molecular formula is C26H28N8O2S. The first kappa shape index (κ1) is 24.5. The zero-order chi connectivity index (χ0) is 25.9. The van der Waals surface area contributed by atoms with Crippen LogP contribution in [0.2, 0.25) is 0 Å². The largest absolute Gasteiger partial charge is 0.383 e. The molecule has 1 fully saturated rings. The van der Waals surface area contributed by atoms with Crippen LogP contribution in [0, 0.1) is 6.92 Å². The van der Waals surface area contributed by atoms with Crippen LogP contribution in [0.1, 0.15) is 15.9 Å². The maximum Gasteiger partial charge on any atom is 0.323 e. The second-order valence-corrected chi connectivity index (χ2v) is 9.97. The number of carbonyl (C=O) groups is 2. The van der Waals surface area contributed by atoms with Crippen LogP contribution in [0.25, 0.3) is 10.2 Å². The van der Waals surface area contributed by atoms with Gasteiger partial charge < -0.3 is 31.5 Å². The number of nitrogens with one attached hydrogen (secondary N) is 3. The first-order valence-corrected chi connectivity index (χ1v) is 12.7. The number of hydrogen-bond acceptors (Lipinski definition) is 8. The van der Waals surface area contributed by atoms with Crippen LogP contribution in [0.5, 0.6) is 0 Å². The quantitative estimate of drug-likeness (QED) is 0.312. The zero-order valence-electron chi connectivity index (χ0n) is 20.6. The second-order valence-electron chi connectivity index (χ2n) is 8.99. The van der Waals surface area contributed by atoms with E-state index in [1.807, 2.05) is 31.2 Å². The predicted molar refractivity (Wildman–Crippen MR) is 150 cm³/mol. The number of thiophene rings is 1. The molecule has 2 aromatic carbocycles. The summed E-state index contributed by atoms with van der Waals surface area (Å²) in [5.74, 6) is 0.00512. The Morgan fingerprint density at radius 2 is 1.59 bits per heavy atom. The van der Waals surface area contributed by atoms with Crippen molar-refractivity contribution in [3.8, 4) is 0 Å². The fourth-order valence-corrected chi connectivity index (χ4v) is 5.43. The average molecular weight is 517 g/mol. The van der Waals surface area contributed by atoms with Gasteiger partial charge in [-0.1, -0.05) is 23.5 Å². The third-order valence-electron chi connectivity index (χ3n) is 6.19. The molecule has 1 saturated heterocycles. The van der Waals surface area contributed by atoms with Gasteiger partial charge >= 0.3 is 6.03 Å². The van der Waals surface area contributed by atoms with E-state index in [2.05, 4.69) is 42.8 Å². The fraction of sp³-hybridized carbons (Fsp3) is 0.231. The van der Waals surface area contributed by atoms with Gasteiger partial charge in [0.1, 0.15) is 22.0 Å². The molecule has 4 aromatic rings. The first-order chi connectivity index (χ1) is 17.9. The van der Waals surface area contributed by atoms with Crippen LogP contribution in [0.4, 0.5) is 32.7 Å². The molecule has 0 saturated carbocycles. The van der Waals surface area contributed by atoms with Crippen LogP contribution < -0.4 is 26.6 Å². The molecule has 3 heterocycles. The molecule has 1 aliphatic rings. The van der Waals surface area contributed by atoms with E-state index in [4.69, 9.17) is 5.73 Å². The monoisotopic (exact) mass is 516 g/mol. The summed E-state index contributed by atoms with van der Waals surface area (Å²) in [5, 5.41) is 10.00. The molecule has 2 aromatic heterocycles. The highest BCUT2D eigenvalue weighted by atomic mass is 32.1. The normalized spacial score (nSPS) is 13.9. The molecule has 5 rings (SSSR count). The topological polar surface area (TPSA) is 129 Å². The number of nitrogens with zero attached hydrogens (tertiary/aromatic N) is 4. The van der Waals surface area contributed by atoms with E-state index in [1.54, 1.807) is 24.3 Å². The molecule has 37 heavy (non-hydrogen) atoms. The standard InChI is InChI=1S/C26H28N8O2S/c1-16-4-3-5-19(14-16)32-26(36)31-18-8-6-17(7-9-18)30-23(35)21-20-22(27)28-15-29-24(20)37-25(21)34-12-10-33(2)11-13-34/h3-9,14-15H,10-13H2,1-2H3,(H,30,35)(H2,27,28,29)(H2,31,32,36). The molecule has 190 valence electrons. The van der Waals surface area contributed by atoms with E-state index in [-0.39, 0.29) is 17.8 Å². The minimum absolute atomic E-state index is 0.278. The number of urea groups is 1. The van der Waals surface area contributed by atoms with E-state index in [0.717, 1.165) is 36.7 Å². The van der Waals surface area contributed by atoms with Crippen molar-refractivity contribution in [3.05, 3.63) is 66.0 Å². The molecule has 0 unspecified atom stereocenters. The summed E-state index contributed by atoms with van der Waals surface area (Å²) in [6.45, 7) is 5.39. The minimum atomic E-state index is -0.348. The highest BCUT2D eigenvalue weighted by molar-refractivity contribution is 7.23. The number of nitrogen functional groups attached to an aromatic ring is 1. The molecule has 3 amide bonds. The maximum absolute atomic E-state index is 13.5. The number of amides is 3. The summed E-state index contributed by atoms with van der Waals surface area (Å²) >= 11 is 1.46. The molecule has 0 bridgehead atoms. The van der Waals surface area contributed by atoms with Gasteiger partial charge in [-0.2, -0.15) is 0 Å². The number of aryl methyl sites for hydroxylation is 1. The molecule has 1 aliphatic heterocycles. The van der Waals surface area contributed by atoms with Gasteiger partial charge in [-0.3, -0.25) is 4.79 Å². The number of likely N-dealkylation sites (N-methyl/N-ethyl adjacent to an activating group) is 1. The third-order valence-corrected chi connectivity index (χ3v) is 7.35. The van der Waals surface area contributed by atoms with E-state index >= 15 is 0 Å². The molecule has 11 heteroatoms. The number of hydrogen-bond donors (Lipinski definition) is 4. The highest BCUT2D eigenvalue weighted by Gasteiger charge is 2.27. The Balaban J connectivity index is 1.32. The van der Waals surface area contributed by atoms with Crippen LogP contribution >= 0.6 is 11.3 Å². The van der Waals surface area contributed by atoms with E-state index < -0.39 is 0 Å². The number of aromatic nitrogens is 2. The molecular weight excluding hydrogens is 488 g/mol. The number of nitrogens with two attached hydrogens (primary N) is 1. The van der Waals surface area contributed by atoms with Gasteiger partial charge in [0.25, 0.3) is 5.91 Å². The molecule has 0 spiro atoms. The Labute approximate surface area is 218 Å². The van der Waals surface area contributed by atoms with Crippen LogP contribution in [-0.4, -0.2) is 60.0 Å². The van der Waals surface area contributed by atoms with Gasteiger partial charge in [-0.15, -0.1) is 0 Å². The van der Waals surface area contributed by atoms with Gasteiger partial charge in [0.2, 0.25) is 0 Å². The smallest absolute Gasteiger partial charge is 0.323 e. The van der Waals surface area contributed by atoms with E-state index in [9.17, 15) is 9.59 Å². The van der Waals surface area contributed by atoms with Crippen molar-refractivity contribution in [2.24, 2.45) is 0 Å². The number of carbonyl (C=O) groups excluding carboxylic acids is 2. The summed E-state index contributed by atoms with van der Waals surface area (Å²) in [4.78, 5) is 39.5. The first-order valence-electron chi connectivity index (χ1n) is 11.9. The van der Waals surface area contributed by atoms with Crippen molar-refractivity contribution in [3.63, 3.8) is 0 Å². The summed E-state index contributed by atoms with van der Waals surface area (Å²) in [7, 11) is 2.09. The molecule has 10 nitrogen and oxygen atoms in total. The lowest BCUT2D eigenvalue weighted by Crippen LogP contribution is -2.44. The van der Waals surface area contributed by atoms with Gasteiger partial charge in [-0.25, -0.2) is 14.8 Å². The van der Waals surface area contributed by atoms with Crippen molar-refractivity contribution in [2.45, 2.75) is 6.92 Å². The van der Waals surface area contributed by atoms with Crippen molar-refractivity contribution >= 4 is 61.4 Å². The number of piperazine rings is 1. The predicted octanol–water partition coefficient (Wildman–Crippen LogP) is 4.23.